The highest BCUT2D eigenvalue weighted by atomic mass is 16.9. The Morgan fingerprint density at radius 1 is 1.86 bits per heavy atom. The van der Waals surface area contributed by atoms with E-state index < -0.39 is 4.81 Å². The van der Waals surface area contributed by atoms with Gasteiger partial charge in [-0.25, -0.2) is 5.21 Å². The molecule has 0 aromatic heterocycles. The zero-order valence-corrected chi connectivity index (χ0v) is 4.42. The average Bonchev–Trinajstić information content (AvgIpc) is 1.30. The van der Waals surface area contributed by atoms with Crippen LogP contribution >= 0.6 is 0 Å². The smallest absolute Gasteiger partial charge is 0.212 e. The summed E-state index contributed by atoms with van der Waals surface area (Å²) in [6, 6.07) is 0. The van der Waals surface area contributed by atoms with Crippen molar-refractivity contribution in [1.29, 1.82) is 0 Å². The number of quaternary nitrogens is 1. The van der Waals surface area contributed by atoms with Crippen molar-refractivity contribution in [3.63, 3.8) is 0 Å². The highest BCUT2D eigenvalue weighted by Gasteiger charge is 1.99. The number of hydroxylamine groups is 4. The van der Waals surface area contributed by atoms with Gasteiger partial charge in [-0.2, -0.15) is 4.81 Å². The van der Waals surface area contributed by atoms with E-state index in [1.54, 1.807) is 0 Å². The topological polar surface area (TPSA) is 52.5 Å². The molecule has 0 amide bonds. The number of rotatable bonds is 2. The molecule has 7 heavy (non-hydrogen) atoms. The third-order valence-electron chi connectivity index (χ3n) is 0.369. The predicted octanol–water partition coefficient (Wildman–Crippen LogP) is -0.0761. The third kappa shape index (κ3) is 5.84. The van der Waals surface area contributed by atoms with Crippen molar-refractivity contribution in [2.24, 2.45) is 0 Å². The first-order chi connectivity index (χ1) is 3.06. The van der Waals surface area contributed by atoms with Crippen LogP contribution in [0.5, 0.6) is 0 Å². The molecule has 0 radical (unpaired) electrons. The SMILES string of the molecule is COC[N+](C)([O-])O. The Labute approximate surface area is 42.0 Å². The molecule has 0 aromatic carbocycles. The van der Waals surface area contributed by atoms with Crippen LogP contribution in [-0.4, -0.2) is 30.9 Å². The van der Waals surface area contributed by atoms with Gasteiger partial charge < -0.3 is 9.94 Å². The normalized spacial score (nSPS) is 18.9. The predicted molar refractivity (Wildman–Crippen MR) is 23.2 cm³/mol. The molecule has 1 unspecified atom stereocenters. The molecular weight excluding hydrogens is 98.0 g/mol. The van der Waals surface area contributed by atoms with Gasteiger partial charge in [-0.1, -0.05) is 0 Å². The monoisotopic (exact) mass is 107 g/mol. The van der Waals surface area contributed by atoms with Gasteiger partial charge in [0.05, 0.1) is 0 Å². The summed E-state index contributed by atoms with van der Waals surface area (Å²) in [6.45, 7) is -0.222. The second-order valence-corrected chi connectivity index (χ2v) is 1.47. The van der Waals surface area contributed by atoms with E-state index in [9.17, 15) is 5.21 Å². The van der Waals surface area contributed by atoms with Crippen molar-refractivity contribution in [2.45, 2.75) is 0 Å². The maximum absolute atomic E-state index is 10.1. The van der Waals surface area contributed by atoms with E-state index >= 15 is 0 Å². The minimum absolute atomic E-state index is 0.222. The summed E-state index contributed by atoms with van der Waals surface area (Å²) >= 11 is 0. The summed E-state index contributed by atoms with van der Waals surface area (Å²) < 4.78 is 4.32. The minimum atomic E-state index is -1.38. The Hall–Kier alpha value is -0.160. The van der Waals surface area contributed by atoms with E-state index in [0.717, 1.165) is 7.05 Å². The van der Waals surface area contributed by atoms with Crippen LogP contribution in [0.4, 0.5) is 0 Å². The zero-order chi connectivity index (χ0) is 5.91. The lowest BCUT2D eigenvalue weighted by Crippen LogP contribution is -2.34. The van der Waals surface area contributed by atoms with E-state index in [4.69, 9.17) is 5.21 Å². The molecule has 0 saturated carbocycles. The molecule has 0 saturated heterocycles. The molecule has 0 fully saturated rings. The fourth-order valence-corrected chi connectivity index (χ4v) is 0.240. The molecule has 4 nitrogen and oxygen atoms in total. The Kier molecular flexibility index (Phi) is 2.17. The molecule has 0 aliphatic heterocycles. The van der Waals surface area contributed by atoms with Gasteiger partial charge in [-0.3, -0.25) is 0 Å². The molecule has 0 rings (SSSR count). The van der Waals surface area contributed by atoms with E-state index in [1.165, 1.54) is 7.11 Å². The van der Waals surface area contributed by atoms with Crippen LogP contribution in [-0.2, 0) is 4.74 Å². The molecule has 0 aromatic rings. The molecule has 0 spiro atoms. The standard InChI is InChI=1S/C3H9NO3/c1-4(5,6)3-7-2/h5H,3H2,1-2H3. The van der Waals surface area contributed by atoms with Gasteiger partial charge in [-0.15, -0.1) is 0 Å². The van der Waals surface area contributed by atoms with Crippen LogP contribution < -0.4 is 0 Å². The molecule has 0 aliphatic carbocycles. The lowest BCUT2D eigenvalue weighted by molar-refractivity contribution is -1.06. The lowest BCUT2D eigenvalue weighted by Gasteiger charge is -2.26. The van der Waals surface area contributed by atoms with Crippen molar-refractivity contribution < 1.29 is 14.8 Å². The van der Waals surface area contributed by atoms with E-state index in [2.05, 4.69) is 4.74 Å². The first-order valence-electron chi connectivity index (χ1n) is 1.84. The summed E-state index contributed by atoms with van der Waals surface area (Å²) in [6.07, 6.45) is 0. The van der Waals surface area contributed by atoms with Crippen molar-refractivity contribution in [3.8, 4) is 0 Å². The molecule has 0 aliphatic rings. The zero-order valence-electron chi connectivity index (χ0n) is 4.42. The third-order valence-corrected chi connectivity index (χ3v) is 0.369. The van der Waals surface area contributed by atoms with Gasteiger partial charge in [0.25, 0.3) is 0 Å². The quantitative estimate of drug-likeness (QED) is 0.305. The molecule has 44 valence electrons. The maximum atomic E-state index is 10.1. The van der Waals surface area contributed by atoms with E-state index in [-0.39, 0.29) is 6.73 Å². The number of nitrogens with zero attached hydrogens (tertiary/aromatic N) is 1. The summed E-state index contributed by atoms with van der Waals surface area (Å²) in [5.74, 6) is 0. The summed E-state index contributed by atoms with van der Waals surface area (Å²) in [7, 11) is 2.44. The Bertz CT molecular complexity index is 48.6. The van der Waals surface area contributed by atoms with Crippen molar-refractivity contribution >= 4 is 0 Å². The van der Waals surface area contributed by atoms with Crippen molar-refractivity contribution in [2.75, 3.05) is 20.9 Å². The first-order valence-corrected chi connectivity index (χ1v) is 1.84. The summed E-state index contributed by atoms with van der Waals surface area (Å²) in [4.78, 5) is -1.38. The largest absolute Gasteiger partial charge is 0.597 e. The lowest BCUT2D eigenvalue weighted by atomic mass is 11.1. The number of hydrogen-bond acceptors (Lipinski definition) is 3. The highest BCUT2D eigenvalue weighted by Crippen LogP contribution is 1.87. The van der Waals surface area contributed by atoms with Crippen molar-refractivity contribution in [3.05, 3.63) is 5.21 Å². The van der Waals surface area contributed by atoms with Crippen LogP contribution in [0, 0.1) is 5.21 Å². The summed E-state index contributed by atoms with van der Waals surface area (Å²) in [5, 5.41) is 18.3. The Morgan fingerprint density at radius 2 is 2.29 bits per heavy atom. The van der Waals surface area contributed by atoms with Gasteiger partial charge in [0, 0.05) is 7.11 Å². The highest BCUT2D eigenvalue weighted by molar-refractivity contribution is 4.04. The first kappa shape index (κ1) is 6.84. The van der Waals surface area contributed by atoms with Gasteiger partial charge >= 0.3 is 0 Å². The van der Waals surface area contributed by atoms with E-state index in [0.29, 0.717) is 0 Å². The van der Waals surface area contributed by atoms with Crippen LogP contribution in [0.15, 0.2) is 0 Å². The minimum Gasteiger partial charge on any atom is -0.597 e. The molecule has 1 atom stereocenters. The molecule has 1 N–H and O–H groups in total. The van der Waals surface area contributed by atoms with E-state index in [1.807, 2.05) is 0 Å². The number of methoxy groups -OCH3 is 1. The second kappa shape index (κ2) is 2.23. The fourth-order valence-electron chi connectivity index (χ4n) is 0.240. The van der Waals surface area contributed by atoms with Crippen molar-refractivity contribution in [1.82, 2.24) is 0 Å². The van der Waals surface area contributed by atoms with Gasteiger partial charge in [0.1, 0.15) is 7.05 Å². The van der Waals surface area contributed by atoms with Crippen LogP contribution in [0.25, 0.3) is 0 Å². The molecule has 0 heterocycles. The average molecular weight is 107 g/mol. The molecule has 0 bridgehead atoms. The van der Waals surface area contributed by atoms with Crippen LogP contribution in [0.3, 0.4) is 0 Å². The Morgan fingerprint density at radius 3 is 2.29 bits per heavy atom. The molecule has 4 heteroatoms. The second-order valence-electron chi connectivity index (χ2n) is 1.47. The maximum Gasteiger partial charge on any atom is 0.212 e. The van der Waals surface area contributed by atoms with Gasteiger partial charge in [0.15, 0.2) is 0 Å². The van der Waals surface area contributed by atoms with Gasteiger partial charge in [-0.05, 0) is 0 Å². The van der Waals surface area contributed by atoms with Crippen LogP contribution in [0.2, 0.25) is 0 Å². The number of hydrogen-bond donors (Lipinski definition) is 1. The molecular formula is C3H9NO3. The summed E-state index contributed by atoms with van der Waals surface area (Å²) in [5.41, 5.74) is 0. The van der Waals surface area contributed by atoms with Crippen LogP contribution in [0.1, 0.15) is 0 Å². The number of ether oxygens (including phenoxy) is 1. The Balaban J connectivity index is 3.15. The van der Waals surface area contributed by atoms with Gasteiger partial charge in [0.2, 0.25) is 6.73 Å². The fraction of sp³-hybridized carbons (Fsp3) is 1.00.